The average molecular weight is 360 g/mol. The van der Waals surface area contributed by atoms with E-state index >= 15 is 0 Å². The quantitative estimate of drug-likeness (QED) is 0.907. The predicted molar refractivity (Wildman–Crippen MR) is 103 cm³/mol. The lowest BCUT2D eigenvalue weighted by atomic mass is 10.1. The summed E-state index contributed by atoms with van der Waals surface area (Å²) >= 11 is 6.15. The molecule has 0 aliphatic carbocycles. The van der Waals surface area contributed by atoms with Crippen LogP contribution in [0.4, 0.5) is 17.1 Å². The number of halogens is 1. The number of rotatable bonds is 4. The van der Waals surface area contributed by atoms with E-state index in [1.54, 1.807) is 12.1 Å². The minimum Gasteiger partial charge on any atom is -0.378 e. The van der Waals surface area contributed by atoms with Crippen LogP contribution in [-0.4, -0.2) is 46.3 Å². The zero-order valence-electron chi connectivity index (χ0n) is 14.5. The largest absolute Gasteiger partial charge is 0.378 e. The van der Waals surface area contributed by atoms with E-state index in [-0.39, 0.29) is 5.91 Å². The van der Waals surface area contributed by atoms with Gasteiger partial charge >= 0.3 is 0 Å². The number of hydrogen-bond donors (Lipinski definition) is 1. The zero-order chi connectivity index (χ0) is 17.8. The zero-order valence-corrected chi connectivity index (χ0v) is 15.2. The fourth-order valence-corrected chi connectivity index (χ4v) is 2.98. The van der Waals surface area contributed by atoms with E-state index in [1.165, 1.54) is 0 Å². The molecule has 0 bridgehead atoms. The highest BCUT2D eigenvalue weighted by molar-refractivity contribution is 6.31. The summed E-state index contributed by atoms with van der Waals surface area (Å²) in [4.78, 5) is 16.9. The van der Waals surface area contributed by atoms with Crippen molar-refractivity contribution >= 4 is 34.6 Å². The van der Waals surface area contributed by atoms with Crippen LogP contribution >= 0.6 is 11.6 Å². The van der Waals surface area contributed by atoms with Gasteiger partial charge in [0.25, 0.3) is 5.91 Å². The van der Waals surface area contributed by atoms with E-state index in [1.807, 2.05) is 49.3 Å². The molecule has 1 amide bonds. The Balaban J connectivity index is 1.85. The molecule has 6 heteroatoms. The van der Waals surface area contributed by atoms with E-state index in [2.05, 4.69) is 10.2 Å². The van der Waals surface area contributed by atoms with Gasteiger partial charge in [-0.05, 0) is 36.4 Å². The van der Waals surface area contributed by atoms with Crippen LogP contribution in [0.1, 0.15) is 10.4 Å². The van der Waals surface area contributed by atoms with Crippen LogP contribution in [0.5, 0.6) is 0 Å². The first-order chi connectivity index (χ1) is 12.0. The Labute approximate surface area is 153 Å². The molecule has 0 radical (unpaired) electrons. The minimum absolute atomic E-state index is 0.152. The van der Waals surface area contributed by atoms with Gasteiger partial charge in [-0.1, -0.05) is 17.7 Å². The SMILES string of the molecule is CN(C)c1cccc(C(=O)Nc2cc(Cl)ccc2N2CCOCC2)c1. The molecule has 1 heterocycles. The number of morpholine rings is 1. The molecular formula is C19H22ClN3O2. The molecule has 0 aromatic heterocycles. The molecule has 2 aromatic rings. The van der Waals surface area contributed by atoms with Crippen LogP contribution in [0.25, 0.3) is 0 Å². The van der Waals surface area contributed by atoms with Crippen molar-refractivity contribution in [3.05, 3.63) is 53.1 Å². The Kier molecular flexibility index (Phi) is 5.46. The number of benzene rings is 2. The highest BCUT2D eigenvalue weighted by Gasteiger charge is 2.17. The normalized spacial score (nSPS) is 14.3. The summed E-state index contributed by atoms with van der Waals surface area (Å²) in [5.74, 6) is -0.152. The maximum absolute atomic E-state index is 12.7. The lowest BCUT2D eigenvalue weighted by Crippen LogP contribution is -2.36. The number of anilines is 3. The molecule has 1 aliphatic rings. The van der Waals surface area contributed by atoms with Crippen LogP contribution in [-0.2, 0) is 4.74 Å². The van der Waals surface area contributed by atoms with Gasteiger partial charge in [0.05, 0.1) is 24.6 Å². The number of nitrogens with zero attached hydrogens (tertiary/aromatic N) is 2. The van der Waals surface area contributed by atoms with Crippen molar-refractivity contribution in [2.75, 3.05) is 55.5 Å². The molecule has 0 atom stereocenters. The number of nitrogens with one attached hydrogen (secondary N) is 1. The third kappa shape index (κ3) is 4.24. The fourth-order valence-electron chi connectivity index (χ4n) is 2.81. The lowest BCUT2D eigenvalue weighted by Gasteiger charge is -2.30. The first-order valence-corrected chi connectivity index (χ1v) is 8.63. The molecule has 1 saturated heterocycles. The van der Waals surface area contributed by atoms with Crippen molar-refractivity contribution in [1.82, 2.24) is 0 Å². The van der Waals surface area contributed by atoms with Crippen LogP contribution in [0.3, 0.4) is 0 Å². The Bertz CT molecular complexity index is 758. The fraction of sp³-hybridized carbons (Fsp3) is 0.316. The van der Waals surface area contributed by atoms with E-state index < -0.39 is 0 Å². The first-order valence-electron chi connectivity index (χ1n) is 8.25. The minimum atomic E-state index is -0.152. The molecule has 1 aliphatic heterocycles. The highest BCUT2D eigenvalue weighted by atomic mass is 35.5. The molecule has 2 aromatic carbocycles. The van der Waals surface area contributed by atoms with E-state index in [9.17, 15) is 4.79 Å². The Morgan fingerprint density at radius 1 is 1.16 bits per heavy atom. The van der Waals surface area contributed by atoms with Crippen molar-refractivity contribution in [1.29, 1.82) is 0 Å². The summed E-state index contributed by atoms with van der Waals surface area (Å²) in [5.41, 5.74) is 3.27. The average Bonchev–Trinajstić information content (AvgIpc) is 2.62. The smallest absolute Gasteiger partial charge is 0.255 e. The maximum atomic E-state index is 12.7. The van der Waals surface area contributed by atoms with Crippen molar-refractivity contribution in [3.63, 3.8) is 0 Å². The Morgan fingerprint density at radius 3 is 2.64 bits per heavy atom. The summed E-state index contributed by atoms with van der Waals surface area (Å²) in [6, 6.07) is 13.1. The molecule has 1 N–H and O–H groups in total. The second-order valence-corrected chi connectivity index (χ2v) is 6.60. The van der Waals surface area contributed by atoms with Crippen molar-refractivity contribution in [2.24, 2.45) is 0 Å². The second kappa shape index (κ2) is 7.76. The van der Waals surface area contributed by atoms with Gasteiger partial charge in [-0.25, -0.2) is 0 Å². The van der Waals surface area contributed by atoms with Crippen molar-refractivity contribution < 1.29 is 9.53 Å². The van der Waals surface area contributed by atoms with E-state index in [0.717, 1.165) is 30.2 Å². The third-order valence-corrected chi connectivity index (χ3v) is 4.42. The number of amides is 1. The number of carbonyl (C=O) groups excluding carboxylic acids is 1. The summed E-state index contributed by atoms with van der Waals surface area (Å²) in [6.07, 6.45) is 0. The Hall–Kier alpha value is -2.24. The van der Waals surface area contributed by atoms with Gasteiger partial charge in [0, 0.05) is 43.5 Å². The van der Waals surface area contributed by atoms with Crippen molar-refractivity contribution in [3.8, 4) is 0 Å². The number of hydrogen-bond acceptors (Lipinski definition) is 4. The van der Waals surface area contributed by atoms with Gasteiger partial charge < -0.3 is 19.9 Å². The van der Waals surface area contributed by atoms with Gasteiger partial charge in [0.1, 0.15) is 0 Å². The van der Waals surface area contributed by atoms with Gasteiger partial charge in [-0.2, -0.15) is 0 Å². The third-order valence-electron chi connectivity index (χ3n) is 4.18. The topological polar surface area (TPSA) is 44.8 Å². The van der Waals surface area contributed by atoms with Crippen LogP contribution in [0, 0.1) is 0 Å². The van der Waals surface area contributed by atoms with Gasteiger partial charge in [-0.3, -0.25) is 4.79 Å². The van der Waals surface area contributed by atoms with Gasteiger partial charge in [0.15, 0.2) is 0 Å². The standard InChI is InChI=1S/C19H22ClN3O2/c1-22(2)16-5-3-4-14(12-16)19(24)21-17-13-15(20)6-7-18(17)23-8-10-25-11-9-23/h3-7,12-13H,8-11H2,1-2H3,(H,21,24). The first kappa shape index (κ1) is 17.6. The second-order valence-electron chi connectivity index (χ2n) is 6.16. The lowest BCUT2D eigenvalue weighted by molar-refractivity contribution is 0.102. The monoisotopic (exact) mass is 359 g/mol. The summed E-state index contributed by atoms with van der Waals surface area (Å²) < 4.78 is 5.41. The molecule has 0 spiro atoms. The summed E-state index contributed by atoms with van der Waals surface area (Å²) in [6.45, 7) is 2.95. The van der Waals surface area contributed by atoms with Crippen LogP contribution in [0.2, 0.25) is 5.02 Å². The summed E-state index contributed by atoms with van der Waals surface area (Å²) in [7, 11) is 3.90. The van der Waals surface area contributed by atoms with E-state index in [4.69, 9.17) is 16.3 Å². The summed E-state index contributed by atoms with van der Waals surface area (Å²) in [5, 5.41) is 3.60. The van der Waals surface area contributed by atoms with Crippen LogP contribution < -0.4 is 15.1 Å². The number of carbonyl (C=O) groups is 1. The Morgan fingerprint density at radius 2 is 1.92 bits per heavy atom. The highest BCUT2D eigenvalue weighted by Crippen LogP contribution is 2.30. The van der Waals surface area contributed by atoms with Crippen LogP contribution in [0.15, 0.2) is 42.5 Å². The van der Waals surface area contributed by atoms with Gasteiger partial charge in [0.2, 0.25) is 0 Å². The molecule has 0 saturated carbocycles. The molecular weight excluding hydrogens is 338 g/mol. The maximum Gasteiger partial charge on any atom is 0.255 e. The molecule has 3 rings (SSSR count). The van der Waals surface area contributed by atoms with Gasteiger partial charge in [-0.15, -0.1) is 0 Å². The van der Waals surface area contributed by atoms with Crippen molar-refractivity contribution in [2.45, 2.75) is 0 Å². The number of ether oxygens (including phenoxy) is 1. The molecule has 25 heavy (non-hydrogen) atoms. The molecule has 1 fully saturated rings. The van der Waals surface area contributed by atoms with E-state index in [0.29, 0.717) is 23.8 Å². The molecule has 132 valence electrons. The molecule has 0 unspecified atom stereocenters. The predicted octanol–water partition coefficient (Wildman–Crippen LogP) is 3.49. The molecule has 5 nitrogen and oxygen atoms in total.